The van der Waals surface area contributed by atoms with Crippen LogP contribution in [0.15, 0.2) is 255 Å². The normalized spacial score (nSPS) is 14.0. The third-order valence-electron chi connectivity index (χ3n) is 15.9. The van der Waals surface area contributed by atoms with Crippen LogP contribution in [-0.4, -0.2) is 0 Å². The van der Waals surface area contributed by atoms with Crippen molar-refractivity contribution in [1.29, 1.82) is 0 Å². The minimum atomic E-state index is -0.649. The first-order valence-corrected chi connectivity index (χ1v) is 24.9. The maximum Gasteiger partial charge on any atom is 0.0754 e. The van der Waals surface area contributed by atoms with Crippen molar-refractivity contribution in [1.82, 2.24) is 0 Å². The van der Waals surface area contributed by atoms with Crippen LogP contribution in [0.2, 0.25) is 0 Å². The molecular formula is C70H45N. The number of allylic oxidation sites excluding steroid dienone is 3. The van der Waals surface area contributed by atoms with Crippen molar-refractivity contribution in [2.24, 2.45) is 0 Å². The molecule has 0 atom stereocenters. The minimum Gasteiger partial charge on any atom is -0.309 e. The molecular weight excluding hydrogens is 855 g/mol. The molecule has 0 aromatic heterocycles. The Morgan fingerprint density at radius 2 is 0.873 bits per heavy atom. The molecule has 1 nitrogen and oxygen atoms in total. The molecule has 12 aromatic carbocycles. The molecule has 0 saturated heterocycles. The molecule has 1 aliphatic heterocycles. The molecule has 0 fully saturated rings. The Morgan fingerprint density at radius 1 is 0.338 bits per heavy atom. The Bertz CT molecular complexity index is 4170. The van der Waals surface area contributed by atoms with Gasteiger partial charge in [0.25, 0.3) is 0 Å². The lowest BCUT2D eigenvalue weighted by atomic mass is 9.64. The molecule has 3 aliphatic rings. The highest BCUT2D eigenvalue weighted by Crippen LogP contribution is 2.65. The van der Waals surface area contributed by atoms with Crippen LogP contribution in [0.1, 0.15) is 38.9 Å². The Labute approximate surface area is 413 Å². The molecule has 1 heterocycles. The Kier molecular flexibility index (Phi) is 8.70. The fourth-order valence-electron chi connectivity index (χ4n) is 12.8. The van der Waals surface area contributed by atoms with Crippen LogP contribution >= 0.6 is 0 Å². The summed E-state index contributed by atoms with van der Waals surface area (Å²) in [6.07, 6.45) is 7.92. The number of rotatable bonds is 4. The monoisotopic (exact) mass is 899 g/mol. The molecule has 1 spiro atoms. The van der Waals surface area contributed by atoms with E-state index < -0.39 is 5.41 Å². The van der Waals surface area contributed by atoms with Crippen molar-refractivity contribution in [3.05, 3.63) is 294 Å². The fourth-order valence-corrected chi connectivity index (χ4v) is 12.8. The van der Waals surface area contributed by atoms with E-state index in [-0.39, 0.29) is 0 Å². The first kappa shape index (κ1) is 39.9. The minimum absolute atomic E-state index is 0.649. The van der Waals surface area contributed by atoms with E-state index in [9.17, 15) is 0 Å². The Hall–Kier alpha value is -9.04. The topological polar surface area (TPSA) is 3.24 Å². The van der Waals surface area contributed by atoms with Crippen molar-refractivity contribution >= 4 is 71.8 Å². The van der Waals surface area contributed by atoms with Crippen molar-refractivity contribution in [2.45, 2.75) is 11.8 Å². The summed E-state index contributed by atoms with van der Waals surface area (Å²) < 4.78 is 0. The lowest BCUT2D eigenvalue weighted by molar-refractivity contribution is 0.753. The lowest BCUT2D eigenvalue weighted by Crippen LogP contribution is -2.36. The first-order valence-electron chi connectivity index (χ1n) is 24.9. The predicted octanol–water partition coefficient (Wildman–Crippen LogP) is 18.4. The van der Waals surface area contributed by atoms with Crippen molar-refractivity contribution in [2.75, 3.05) is 4.90 Å². The molecule has 12 aromatic rings. The Balaban J connectivity index is 1.02. The summed E-state index contributed by atoms with van der Waals surface area (Å²) >= 11 is 0. The zero-order valence-electron chi connectivity index (χ0n) is 39.0. The molecule has 0 N–H and O–H groups in total. The summed E-state index contributed by atoms with van der Waals surface area (Å²) in [4.78, 5) is 2.61. The van der Waals surface area contributed by atoms with E-state index >= 15 is 0 Å². The van der Waals surface area contributed by atoms with E-state index in [1.807, 2.05) is 0 Å². The zero-order valence-corrected chi connectivity index (χ0v) is 39.0. The van der Waals surface area contributed by atoms with Crippen molar-refractivity contribution in [3.8, 4) is 33.4 Å². The maximum absolute atomic E-state index is 2.61. The van der Waals surface area contributed by atoms with Gasteiger partial charge in [0.2, 0.25) is 0 Å². The number of fused-ring (bicyclic) bond motifs is 14. The first-order chi connectivity index (χ1) is 35.2. The van der Waals surface area contributed by atoms with Gasteiger partial charge < -0.3 is 4.90 Å². The summed E-state index contributed by atoms with van der Waals surface area (Å²) in [5.74, 6) is 0. The van der Waals surface area contributed by atoms with Gasteiger partial charge in [0.1, 0.15) is 0 Å². The standard InChI is InChI=1S/C70H45N/c1-2-17-46-33-35-48(34-32-45(46)16-1)52-38-40-55-56-41-39-53(51-37-36-47-18-3-4-20-50(47)42-51)44-65(56)70(64(55)43-52)62-28-11-13-30-66(62)71(67-31-14-12-29-63(67)70)69-60-25-9-7-23-58(60)68(59-24-8-10-26-61(59)69)57-27-15-21-49-19-5-6-22-54(49)57/h1-32,34-44H,33H2. The maximum atomic E-state index is 2.61. The molecule has 0 unspecified atom stereocenters. The van der Waals surface area contributed by atoms with E-state index in [1.165, 1.54) is 138 Å². The fraction of sp³-hybridized carbons (Fsp3) is 0.0286. The second-order valence-electron chi connectivity index (χ2n) is 19.4. The van der Waals surface area contributed by atoms with Gasteiger partial charge >= 0.3 is 0 Å². The van der Waals surface area contributed by atoms with E-state index in [1.54, 1.807) is 0 Å². The SMILES string of the molecule is C1=Cc2ccccc2CC=C1c1ccc2c(c1)C1(c3cc(-c4ccc5ccccc5c4)ccc3-2)c2ccccc2N(c2c3ccccc3c(-c3cccc4ccccc34)c3ccccc23)c2ccccc21. The number of benzene rings is 12. The van der Waals surface area contributed by atoms with Crippen LogP contribution < -0.4 is 4.90 Å². The van der Waals surface area contributed by atoms with Gasteiger partial charge in [0.05, 0.1) is 22.5 Å². The van der Waals surface area contributed by atoms with Crippen molar-refractivity contribution < 1.29 is 0 Å². The highest BCUT2D eigenvalue weighted by atomic mass is 15.2. The summed E-state index contributed by atoms with van der Waals surface area (Å²) in [5, 5.41) is 9.91. The van der Waals surface area contributed by atoms with Crippen LogP contribution in [0.3, 0.4) is 0 Å². The van der Waals surface area contributed by atoms with E-state index in [0.717, 1.165) is 6.42 Å². The van der Waals surface area contributed by atoms with Crippen LogP contribution in [0, 0.1) is 0 Å². The predicted molar refractivity (Wildman–Crippen MR) is 300 cm³/mol. The molecule has 71 heavy (non-hydrogen) atoms. The van der Waals surface area contributed by atoms with Gasteiger partial charge in [-0.25, -0.2) is 0 Å². The molecule has 0 amide bonds. The van der Waals surface area contributed by atoms with Crippen molar-refractivity contribution in [3.63, 3.8) is 0 Å². The molecule has 0 bridgehead atoms. The number of anilines is 3. The van der Waals surface area contributed by atoms with Gasteiger partial charge in [-0.3, -0.25) is 0 Å². The number of nitrogens with zero attached hydrogens (tertiary/aromatic N) is 1. The third kappa shape index (κ3) is 5.81. The molecule has 15 rings (SSSR count). The second-order valence-corrected chi connectivity index (χ2v) is 19.4. The largest absolute Gasteiger partial charge is 0.309 e. The summed E-state index contributed by atoms with van der Waals surface area (Å²) in [5.41, 5.74) is 20.7. The van der Waals surface area contributed by atoms with Gasteiger partial charge in [0, 0.05) is 10.8 Å². The van der Waals surface area contributed by atoms with Crippen LogP contribution in [-0.2, 0) is 11.8 Å². The van der Waals surface area contributed by atoms with Gasteiger partial charge in [0.15, 0.2) is 0 Å². The Morgan fingerprint density at radius 3 is 1.61 bits per heavy atom. The van der Waals surface area contributed by atoms with Gasteiger partial charge in [-0.1, -0.05) is 231 Å². The van der Waals surface area contributed by atoms with Crippen LogP contribution in [0.25, 0.3) is 88.1 Å². The highest BCUT2D eigenvalue weighted by Gasteiger charge is 2.52. The highest BCUT2D eigenvalue weighted by molar-refractivity contribution is 6.25. The summed E-state index contributed by atoms with van der Waals surface area (Å²) in [6.45, 7) is 0. The average Bonchev–Trinajstić information content (AvgIpc) is 3.54. The van der Waals surface area contributed by atoms with Crippen LogP contribution in [0.4, 0.5) is 17.1 Å². The lowest BCUT2D eigenvalue weighted by Gasteiger charge is -2.45. The number of hydrogen-bond donors (Lipinski definition) is 0. The summed E-state index contributed by atoms with van der Waals surface area (Å²) in [7, 11) is 0. The zero-order chi connectivity index (χ0) is 46.6. The molecule has 1 heteroatoms. The smallest absolute Gasteiger partial charge is 0.0754 e. The van der Waals surface area contributed by atoms with E-state index in [0.29, 0.717) is 0 Å². The van der Waals surface area contributed by atoms with Gasteiger partial charge in [-0.05, 0) is 147 Å². The quantitative estimate of drug-likeness (QED) is 0.159. The molecule has 0 saturated carbocycles. The van der Waals surface area contributed by atoms with Crippen LogP contribution in [0.5, 0.6) is 0 Å². The molecule has 330 valence electrons. The molecule has 0 radical (unpaired) electrons. The average molecular weight is 900 g/mol. The van der Waals surface area contributed by atoms with E-state index in [4.69, 9.17) is 0 Å². The molecule has 2 aliphatic carbocycles. The number of hydrogen-bond acceptors (Lipinski definition) is 1. The van der Waals surface area contributed by atoms with E-state index in [2.05, 4.69) is 266 Å². The third-order valence-corrected chi connectivity index (χ3v) is 15.9. The second kappa shape index (κ2) is 15.5. The number of para-hydroxylation sites is 2. The van der Waals surface area contributed by atoms with Gasteiger partial charge in [-0.15, -0.1) is 0 Å². The summed E-state index contributed by atoms with van der Waals surface area (Å²) in [6, 6.07) is 91.3. The van der Waals surface area contributed by atoms with Gasteiger partial charge in [-0.2, -0.15) is 0 Å².